The Labute approximate surface area is 193 Å². The molecular formula is C25H31N5O3. The van der Waals surface area contributed by atoms with E-state index in [1.807, 2.05) is 6.92 Å². The predicted octanol–water partition coefficient (Wildman–Crippen LogP) is 2.93. The van der Waals surface area contributed by atoms with Crippen molar-refractivity contribution in [3.63, 3.8) is 0 Å². The molecule has 2 fully saturated rings. The summed E-state index contributed by atoms with van der Waals surface area (Å²) in [5.41, 5.74) is 3.62. The first-order chi connectivity index (χ1) is 16.1. The van der Waals surface area contributed by atoms with Crippen molar-refractivity contribution in [1.82, 2.24) is 20.2 Å². The van der Waals surface area contributed by atoms with E-state index in [0.717, 1.165) is 45.0 Å². The third-order valence-electron chi connectivity index (χ3n) is 6.63. The van der Waals surface area contributed by atoms with Crippen molar-refractivity contribution in [3.05, 3.63) is 53.0 Å². The lowest BCUT2D eigenvalue weighted by molar-refractivity contribution is 0.0947. The average Bonchev–Trinajstić information content (AvgIpc) is 3.42. The number of nitrogens with one attached hydrogen (secondary N) is 1. The van der Waals surface area contributed by atoms with Crippen LogP contribution in [0.25, 0.3) is 11.1 Å². The summed E-state index contributed by atoms with van der Waals surface area (Å²) in [7, 11) is 0. The van der Waals surface area contributed by atoms with Gasteiger partial charge in [-0.3, -0.25) is 9.69 Å². The van der Waals surface area contributed by atoms with Crippen LogP contribution in [0.1, 0.15) is 33.7 Å². The SMILES string of the molecule is Cc1ccc(CN2CC[C@@H](CNC(=O)c3c(C)oc4ncnc(N5CCOCC5)c34)C2)cc1. The Morgan fingerprint density at radius 3 is 2.70 bits per heavy atom. The number of furan rings is 1. The lowest BCUT2D eigenvalue weighted by atomic mass is 10.1. The Bertz CT molecular complexity index is 1120. The van der Waals surface area contributed by atoms with Crippen molar-refractivity contribution < 1.29 is 13.9 Å². The van der Waals surface area contributed by atoms with Gasteiger partial charge in [0.05, 0.1) is 24.2 Å². The highest BCUT2D eigenvalue weighted by atomic mass is 16.5. The van der Waals surface area contributed by atoms with Crippen molar-refractivity contribution in [2.45, 2.75) is 26.8 Å². The van der Waals surface area contributed by atoms with E-state index in [4.69, 9.17) is 9.15 Å². The normalized spacial score (nSPS) is 19.3. The highest BCUT2D eigenvalue weighted by molar-refractivity contribution is 6.10. The predicted molar refractivity (Wildman–Crippen MR) is 126 cm³/mol. The third kappa shape index (κ3) is 4.72. The molecule has 0 radical (unpaired) electrons. The van der Waals surface area contributed by atoms with Crippen molar-refractivity contribution in [2.24, 2.45) is 5.92 Å². The Balaban J connectivity index is 1.25. The van der Waals surface area contributed by atoms with Gasteiger partial charge in [0.1, 0.15) is 17.9 Å². The summed E-state index contributed by atoms with van der Waals surface area (Å²) in [6, 6.07) is 8.72. The largest absolute Gasteiger partial charge is 0.442 e. The summed E-state index contributed by atoms with van der Waals surface area (Å²) in [4.78, 5) is 26.6. The number of rotatable bonds is 6. The van der Waals surface area contributed by atoms with Gasteiger partial charge in [0.25, 0.3) is 5.91 Å². The molecule has 33 heavy (non-hydrogen) atoms. The fraction of sp³-hybridized carbons (Fsp3) is 0.480. The Morgan fingerprint density at radius 1 is 1.12 bits per heavy atom. The summed E-state index contributed by atoms with van der Waals surface area (Å²) in [5.74, 6) is 1.64. The van der Waals surface area contributed by atoms with Crippen LogP contribution in [-0.4, -0.2) is 66.7 Å². The van der Waals surface area contributed by atoms with Crippen molar-refractivity contribution in [3.8, 4) is 0 Å². The average molecular weight is 450 g/mol. The number of hydrogen-bond donors (Lipinski definition) is 1. The molecule has 0 bridgehead atoms. The standard InChI is InChI=1S/C25H31N5O3/c1-17-3-5-19(6-4-17)14-29-8-7-20(15-29)13-26-24(31)21-18(2)33-25-22(21)23(27-16-28-25)30-9-11-32-12-10-30/h3-6,16,20H,7-15H2,1-2H3,(H,26,31)/t20-/m0/s1. The van der Waals surface area contributed by atoms with Gasteiger partial charge in [-0.25, -0.2) is 9.97 Å². The van der Waals surface area contributed by atoms with Gasteiger partial charge in [-0.2, -0.15) is 0 Å². The van der Waals surface area contributed by atoms with E-state index in [0.29, 0.717) is 48.1 Å². The first-order valence-electron chi connectivity index (χ1n) is 11.7. The maximum absolute atomic E-state index is 13.3. The van der Waals surface area contributed by atoms with E-state index < -0.39 is 0 Å². The second-order valence-electron chi connectivity index (χ2n) is 9.10. The Morgan fingerprint density at radius 2 is 1.91 bits per heavy atom. The number of carbonyl (C=O) groups excluding carboxylic acids is 1. The van der Waals surface area contributed by atoms with Gasteiger partial charge in [-0.15, -0.1) is 0 Å². The zero-order valence-electron chi connectivity index (χ0n) is 19.3. The van der Waals surface area contributed by atoms with Gasteiger partial charge in [-0.05, 0) is 38.3 Å². The Kier molecular flexibility index (Phi) is 6.28. The molecule has 2 aliphatic rings. The number of aromatic nitrogens is 2. The lowest BCUT2D eigenvalue weighted by Gasteiger charge is -2.28. The number of fused-ring (bicyclic) bond motifs is 1. The molecule has 0 saturated carbocycles. The summed E-state index contributed by atoms with van der Waals surface area (Å²) in [5, 5.41) is 3.85. The molecule has 0 spiro atoms. The highest BCUT2D eigenvalue weighted by Gasteiger charge is 2.28. The number of hydrogen-bond acceptors (Lipinski definition) is 7. The zero-order valence-corrected chi connectivity index (χ0v) is 19.3. The molecular weight excluding hydrogens is 418 g/mol. The van der Waals surface area contributed by atoms with Crippen LogP contribution in [0.2, 0.25) is 0 Å². The molecule has 2 aromatic heterocycles. The van der Waals surface area contributed by atoms with E-state index in [9.17, 15) is 4.79 Å². The number of anilines is 1. The number of amides is 1. The molecule has 5 rings (SSSR count). The first kappa shape index (κ1) is 21.9. The monoisotopic (exact) mass is 449 g/mol. The number of aryl methyl sites for hydroxylation is 2. The Hall–Kier alpha value is -2.97. The van der Waals surface area contributed by atoms with Gasteiger partial charge < -0.3 is 19.4 Å². The van der Waals surface area contributed by atoms with Gasteiger partial charge in [0, 0.05) is 32.7 Å². The molecule has 4 heterocycles. The minimum absolute atomic E-state index is 0.118. The maximum atomic E-state index is 13.3. The molecule has 1 N–H and O–H groups in total. The van der Waals surface area contributed by atoms with E-state index in [-0.39, 0.29) is 5.91 Å². The highest BCUT2D eigenvalue weighted by Crippen LogP contribution is 2.31. The minimum atomic E-state index is -0.118. The van der Waals surface area contributed by atoms with E-state index in [2.05, 4.69) is 56.3 Å². The molecule has 3 aromatic rings. The fourth-order valence-electron chi connectivity index (χ4n) is 4.82. The molecule has 8 heteroatoms. The van der Waals surface area contributed by atoms with Gasteiger partial charge in [-0.1, -0.05) is 29.8 Å². The topological polar surface area (TPSA) is 83.7 Å². The second-order valence-corrected chi connectivity index (χ2v) is 9.10. The second kappa shape index (κ2) is 9.49. The van der Waals surface area contributed by atoms with Crippen LogP contribution < -0.4 is 10.2 Å². The fourth-order valence-corrected chi connectivity index (χ4v) is 4.82. The van der Waals surface area contributed by atoms with Crippen molar-refractivity contribution >= 4 is 22.8 Å². The molecule has 2 aliphatic heterocycles. The van der Waals surface area contributed by atoms with Crippen molar-refractivity contribution in [1.29, 1.82) is 0 Å². The quantitative estimate of drug-likeness (QED) is 0.619. The molecule has 8 nitrogen and oxygen atoms in total. The molecule has 1 atom stereocenters. The molecule has 174 valence electrons. The minimum Gasteiger partial charge on any atom is -0.442 e. The maximum Gasteiger partial charge on any atom is 0.255 e. The number of benzene rings is 1. The molecule has 2 saturated heterocycles. The number of ether oxygens (including phenoxy) is 1. The van der Waals surface area contributed by atoms with Crippen molar-refractivity contribution in [2.75, 3.05) is 50.8 Å². The van der Waals surface area contributed by atoms with E-state index in [1.165, 1.54) is 17.5 Å². The molecule has 1 amide bonds. The van der Waals surface area contributed by atoms with E-state index >= 15 is 0 Å². The summed E-state index contributed by atoms with van der Waals surface area (Å²) >= 11 is 0. The van der Waals surface area contributed by atoms with Gasteiger partial charge in [0.15, 0.2) is 0 Å². The first-order valence-corrected chi connectivity index (χ1v) is 11.7. The van der Waals surface area contributed by atoms with Crippen LogP contribution in [0, 0.1) is 19.8 Å². The number of morpholine rings is 1. The number of likely N-dealkylation sites (tertiary alicyclic amines) is 1. The van der Waals surface area contributed by atoms with Gasteiger partial charge in [0.2, 0.25) is 5.71 Å². The van der Waals surface area contributed by atoms with Crippen LogP contribution in [0.4, 0.5) is 5.82 Å². The number of carbonyl (C=O) groups is 1. The van der Waals surface area contributed by atoms with Crippen LogP contribution in [-0.2, 0) is 11.3 Å². The van der Waals surface area contributed by atoms with E-state index in [1.54, 1.807) is 0 Å². The number of nitrogens with zero attached hydrogens (tertiary/aromatic N) is 4. The van der Waals surface area contributed by atoms with Crippen LogP contribution >= 0.6 is 0 Å². The molecule has 0 unspecified atom stereocenters. The lowest BCUT2D eigenvalue weighted by Crippen LogP contribution is -2.37. The zero-order chi connectivity index (χ0) is 22.8. The van der Waals surface area contributed by atoms with Crippen LogP contribution in [0.5, 0.6) is 0 Å². The summed E-state index contributed by atoms with van der Waals surface area (Å²) < 4.78 is 11.3. The molecule has 1 aromatic carbocycles. The summed E-state index contributed by atoms with van der Waals surface area (Å²) in [6.07, 6.45) is 2.58. The van der Waals surface area contributed by atoms with Crippen LogP contribution in [0.3, 0.4) is 0 Å². The van der Waals surface area contributed by atoms with Crippen LogP contribution in [0.15, 0.2) is 35.0 Å². The third-order valence-corrected chi connectivity index (χ3v) is 6.63. The van der Waals surface area contributed by atoms with Gasteiger partial charge >= 0.3 is 0 Å². The summed E-state index contributed by atoms with van der Waals surface area (Å²) in [6.45, 7) is 10.3. The molecule has 0 aliphatic carbocycles. The smallest absolute Gasteiger partial charge is 0.255 e.